The zero-order valence-corrected chi connectivity index (χ0v) is 15.6. The van der Waals surface area contributed by atoms with Crippen LogP contribution in [0.5, 0.6) is 0 Å². The molecule has 2 aliphatic heterocycles. The number of hydrogen-bond donors (Lipinski definition) is 0. The molecule has 0 N–H and O–H groups in total. The Bertz CT molecular complexity index is 551. The van der Waals surface area contributed by atoms with Gasteiger partial charge in [0.1, 0.15) is 0 Å². The average Bonchev–Trinajstić information content (AvgIpc) is 2.75. The van der Waals surface area contributed by atoms with Crippen LogP contribution in [0.15, 0.2) is 11.5 Å². The number of rotatable bonds is 2. The van der Waals surface area contributed by atoms with E-state index in [1.54, 1.807) is 4.90 Å². The standard InChI is InChI=1S/C18H28BF2NO3/c1-16(2)17(3,4)25-19(24-16)14-7-11-22(12-8-14)15(23)13-5-9-18(20,21)10-6-13/h7,13H,5-6,8-12H2,1-4H3. The zero-order chi connectivity index (χ0) is 18.5. The summed E-state index contributed by atoms with van der Waals surface area (Å²) in [6.45, 7) is 9.18. The van der Waals surface area contributed by atoms with Crippen LogP contribution < -0.4 is 0 Å². The summed E-state index contributed by atoms with van der Waals surface area (Å²) in [5, 5.41) is 0. The van der Waals surface area contributed by atoms with E-state index in [1.807, 2.05) is 33.8 Å². The van der Waals surface area contributed by atoms with Crippen LogP contribution in [0.25, 0.3) is 0 Å². The van der Waals surface area contributed by atoms with Gasteiger partial charge in [-0.25, -0.2) is 8.78 Å². The molecule has 0 aromatic rings. The van der Waals surface area contributed by atoms with Crippen molar-refractivity contribution in [2.75, 3.05) is 13.1 Å². The molecule has 0 aromatic carbocycles. The highest BCUT2D eigenvalue weighted by Gasteiger charge is 2.52. The van der Waals surface area contributed by atoms with Gasteiger partial charge in [-0.1, -0.05) is 6.08 Å². The fourth-order valence-electron chi connectivity index (χ4n) is 3.64. The van der Waals surface area contributed by atoms with Crippen LogP contribution in [0.4, 0.5) is 8.78 Å². The molecule has 0 aromatic heterocycles. The van der Waals surface area contributed by atoms with Crippen LogP contribution in [0, 0.1) is 5.92 Å². The van der Waals surface area contributed by atoms with Gasteiger partial charge < -0.3 is 14.2 Å². The third kappa shape index (κ3) is 3.77. The number of nitrogens with zero attached hydrogens (tertiary/aromatic N) is 1. The minimum atomic E-state index is -2.59. The molecule has 1 amide bonds. The Balaban J connectivity index is 1.57. The first-order valence-electron chi connectivity index (χ1n) is 9.22. The second-order valence-electron chi connectivity index (χ2n) is 8.53. The summed E-state index contributed by atoms with van der Waals surface area (Å²) in [5.74, 6) is -2.84. The van der Waals surface area contributed by atoms with E-state index < -0.39 is 5.92 Å². The van der Waals surface area contributed by atoms with Crippen LogP contribution in [0.3, 0.4) is 0 Å². The molecule has 1 saturated carbocycles. The quantitative estimate of drug-likeness (QED) is 0.711. The van der Waals surface area contributed by atoms with Crippen LogP contribution in [-0.2, 0) is 14.1 Å². The molecule has 1 saturated heterocycles. The summed E-state index contributed by atoms with van der Waals surface area (Å²) in [7, 11) is -0.365. The van der Waals surface area contributed by atoms with Crippen LogP contribution in [-0.4, -0.2) is 48.1 Å². The lowest BCUT2D eigenvalue weighted by molar-refractivity contribution is -0.139. The number of halogens is 2. The highest BCUT2D eigenvalue weighted by molar-refractivity contribution is 6.54. The van der Waals surface area contributed by atoms with Crippen molar-refractivity contribution in [1.29, 1.82) is 0 Å². The highest BCUT2D eigenvalue weighted by atomic mass is 19.3. The molecule has 3 rings (SSSR count). The fraction of sp³-hybridized carbons (Fsp3) is 0.833. The Morgan fingerprint density at radius 3 is 2.20 bits per heavy atom. The number of carbonyl (C=O) groups is 1. The number of amides is 1. The molecule has 0 atom stereocenters. The van der Waals surface area contributed by atoms with Gasteiger partial charge in [-0.15, -0.1) is 0 Å². The molecule has 1 aliphatic carbocycles. The van der Waals surface area contributed by atoms with E-state index in [4.69, 9.17) is 9.31 Å². The molecule has 0 unspecified atom stereocenters. The molecule has 140 valence electrons. The lowest BCUT2D eigenvalue weighted by atomic mass is 9.74. The van der Waals surface area contributed by atoms with Gasteiger partial charge in [-0.2, -0.15) is 0 Å². The van der Waals surface area contributed by atoms with E-state index in [2.05, 4.69) is 0 Å². The van der Waals surface area contributed by atoms with Gasteiger partial charge in [0.25, 0.3) is 0 Å². The summed E-state index contributed by atoms with van der Waals surface area (Å²) in [5.41, 5.74) is 0.315. The lowest BCUT2D eigenvalue weighted by Crippen LogP contribution is -2.42. The average molecular weight is 355 g/mol. The molecule has 3 aliphatic rings. The molecular weight excluding hydrogens is 327 g/mol. The summed E-state index contributed by atoms with van der Waals surface area (Å²) in [6, 6.07) is 0. The van der Waals surface area contributed by atoms with Crippen LogP contribution in [0.2, 0.25) is 0 Å². The normalized spacial score (nSPS) is 28.8. The first-order chi connectivity index (χ1) is 11.5. The second kappa shape index (κ2) is 6.34. The maximum absolute atomic E-state index is 13.3. The van der Waals surface area contributed by atoms with Crippen molar-refractivity contribution in [3.63, 3.8) is 0 Å². The first-order valence-corrected chi connectivity index (χ1v) is 9.22. The van der Waals surface area contributed by atoms with Crippen molar-refractivity contribution in [2.24, 2.45) is 5.92 Å². The molecule has 0 bridgehead atoms. The Hall–Kier alpha value is -0.945. The summed E-state index contributed by atoms with van der Waals surface area (Å²) < 4.78 is 38.7. The van der Waals surface area contributed by atoms with Gasteiger partial charge >= 0.3 is 7.12 Å². The third-order valence-corrected chi connectivity index (χ3v) is 6.18. The van der Waals surface area contributed by atoms with Crippen LogP contribution in [0.1, 0.15) is 59.8 Å². The van der Waals surface area contributed by atoms with Crippen molar-refractivity contribution in [3.8, 4) is 0 Å². The monoisotopic (exact) mass is 355 g/mol. The molecule has 25 heavy (non-hydrogen) atoms. The second-order valence-corrected chi connectivity index (χ2v) is 8.53. The van der Waals surface area contributed by atoms with Crippen molar-refractivity contribution < 1.29 is 22.9 Å². The van der Waals surface area contributed by atoms with E-state index in [-0.39, 0.29) is 55.8 Å². The summed E-state index contributed by atoms with van der Waals surface area (Å²) >= 11 is 0. The predicted molar refractivity (Wildman–Crippen MR) is 92.3 cm³/mol. The molecular formula is C18H28BF2NO3. The van der Waals surface area contributed by atoms with E-state index in [9.17, 15) is 13.6 Å². The van der Waals surface area contributed by atoms with Gasteiger partial charge in [-0.3, -0.25) is 4.79 Å². The largest absolute Gasteiger partial charge is 0.490 e. The molecule has 0 radical (unpaired) electrons. The SMILES string of the molecule is CC1(C)OB(C2=CCN(C(=O)C3CCC(F)(F)CC3)CC2)OC1(C)C. The Labute approximate surface area is 149 Å². The number of alkyl halides is 2. The Kier molecular flexibility index (Phi) is 4.78. The summed E-state index contributed by atoms with van der Waals surface area (Å²) in [4.78, 5) is 14.4. The highest BCUT2D eigenvalue weighted by Crippen LogP contribution is 2.40. The van der Waals surface area contributed by atoms with Gasteiger partial charge in [0.15, 0.2) is 0 Å². The van der Waals surface area contributed by atoms with E-state index in [0.29, 0.717) is 19.5 Å². The van der Waals surface area contributed by atoms with E-state index in [0.717, 1.165) is 5.47 Å². The van der Waals surface area contributed by atoms with E-state index >= 15 is 0 Å². The smallest absolute Gasteiger partial charge is 0.400 e. The lowest BCUT2D eigenvalue weighted by Gasteiger charge is -2.33. The van der Waals surface area contributed by atoms with Crippen LogP contribution >= 0.6 is 0 Å². The molecule has 7 heteroatoms. The Morgan fingerprint density at radius 2 is 1.72 bits per heavy atom. The van der Waals surface area contributed by atoms with Gasteiger partial charge in [0.2, 0.25) is 11.8 Å². The molecule has 4 nitrogen and oxygen atoms in total. The van der Waals surface area contributed by atoms with Crippen molar-refractivity contribution in [1.82, 2.24) is 4.90 Å². The first kappa shape index (κ1) is 18.8. The summed E-state index contributed by atoms with van der Waals surface area (Å²) in [6.07, 6.45) is 2.93. The topological polar surface area (TPSA) is 38.8 Å². The Morgan fingerprint density at radius 1 is 1.16 bits per heavy atom. The minimum Gasteiger partial charge on any atom is -0.400 e. The van der Waals surface area contributed by atoms with Gasteiger partial charge in [-0.05, 0) is 52.4 Å². The fourth-order valence-corrected chi connectivity index (χ4v) is 3.64. The van der Waals surface area contributed by atoms with Gasteiger partial charge in [0.05, 0.1) is 11.2 Å². The van der Waals surface area contributed by atoms with Gasteiger partial charge in [0, 0.05) is 31.8 Å². The molecule has 2 fully saturated rings. The molecule has 2 heterocycles. The molecule has 0 spiro atoms. The van der Waals surface area contributed by atoms with Crippen molar-refractivity contribution in [2.45, 2.75) is 76.9 Å². The number of carbonyl (C=O) groups excluding carboxylic acids is 1. The third-order valence-electron chi connectivity index (χ3n) is 6.18. The maximum atomic E-state index is 13.3. The van der Waals surface area contributed by atoms with Crippen molar-refractivity contribution in [3.05, 3.63) is 11.5 Å². The zero-order valence-electron chi connectivity index (χ0n) is 15.6. The van der Waals surface area contributed by atoms with E-state index in [1.165, 1.54) is 0 Å². The number of hydrogen-bond acceptors (Lipinski definition) is 3. The van der Waals surface area contributed by atoms with Crippen molar-refractivity contribution >= 4 is 13.0 Å². The predicted octanol–water partition coefficient (Wildman–Crippen LogP) is 3.60. The maximum Gasteiger partial charge on any atom is 0.490 e. The minimum absolute atomic E-state index is 0.0136.